The van der Waals surface area contributed by atoms with Crippen LogP contribution in [0.2, 0.25) is 0 Å². The van der Waals surface area contributed by atoms with Crippen LogP contribution in [0.3, 0.4) is 0 Å². The minimum atomic E-state index is -0.129. The van der Waals surface area contributed by atoms with Crippen molar-refractivity contribution >= 4 is 23.2 Å². The van der Waals surface area contributed by atoms with E-state index >= 15 is 0 Å². The molecule has 32 heavy (non-hydrogen) atoms. The molecule has 0 radical (unpaired) electrons. The molecule has 7 nitrogen and oxygen atoms in total. The van der Waals surface area contributed by atoms with Gasteiger partial charge >= 0.3 is 0 Å². The fraction of sp³-hybridized carbons (Fsp3) is 0.0800. The van der Waals surface area contributed by atoms with Gasteiger partial charge in [0.05, 0.1) is 13.3 Å². The molecule has 0 saturated carbocycles. The smallest absolute Gasteiger partial charge is 0.251 e. The first-order valence-corrected chi connectivity index (χ1v) is 10.0. The molecular formula is C25H23N5O2. The summed E-state index contributed by atoms with van der Waals surface area (Å²) in [6.45, 7) is 0.476. The Hall–Kier alpha value is -4.39. The largest absolute Gasteiger partial charge is 0.494 e. The van der Waals surface area contributed by atoms with Gasteiger partial charge in [0.15, 0.2) is 0 Å². The maximum absolute atomic E-state index is 12.5. The molecule has 2 aromatic heterocycles. The normalized spacial score (nSPS) is 11.3. The maximum Gasteiger partial charge on any atom is 0.251 e. The fourth-order valence-electron chi connectivity index (χ4n) is 3.52. The first kappa shape index (κ1) is 20.9. The zero-order valence-electron chi connectivity index (χ0n) is 17.6. The van der Waals surface area contributed by atoms with Crippen molar-refractivity contribution in [2.45, 2.75) is 6.54 Å². The van der Waals surface area contributed by atoms with Gasteiger partial charge in [-0.3, -0.25) is 4.79 Å². The third-order valence-electron chi connectivity index (χ3n) is 5.22. The Morgan fingerprint density at radius 1 is 1.16 bits per heavy atom. The molecule has 0 aliphatic carbocycles. The zero-order valence-corrected chi connectivity index (χ0v) is 17.6. The predicted molar refractivity (Wildman–Crippen MR) is 126 cm³/mol. The molecule has 4 aromatic rings. The average Bonchev–Trinajstić information content (AvgIpc) is 3.28. The predicted octanol–water partition coefficient (Wildman–Crippen LogP) is 3.89. The molecule has 0 aliphatic heterocycles. The van der Waals surface area contributed by atoms with E-state index in [1.54, 1.807) is 36.2 Å². The monoisotopic (exact) mass is 425 g/mol. The minimum Gasteiger partial charge on any atom is -0.494 e. The number of allylic oxidation sites excluding steroid dienone is 1. The highest BCUT2D eigenvalue weighted by Crippen LogP contribution is 2.33. The first-order chi connectivity index (χ1) is 15.6. The lowest BCUT2D eigenvalue weighted by atomic mass is 10.0. The minimum absolute atomic E-state index is 0.129. The number of benzene rings is 2. The lowest BCUT2D eigenvalue weighted by Gasteiger charge is -2.10. The Balaban J connectivity index is 1.60. The maximum atomic E-state index is 12.5. The van der Waals surface area contributed by atoms with Gasteiger partial charge < -0.3 is 21.2 Å². The summed E-state index contributed by atoms with van der Waals surface area (Å²) < 4.78 is 7.30. The number of carbonyl (C=O) groups excluding carboxylic acids is 1. The average molecular weight is 425 g/mol. The third-order valence-corrected chi connectivity index (χ3v) is 5.22. The lowest BCUT2D eigenvalue weighted by molar-refractivity contribution is 0.0951. The van der Waals surface area contributed by atoms with E-state index in [9.17, 15) is 4.79 Å². The number of amides is 1. The van der Waals surface area contributed by atoms with Gasteiger partial charge in [-0.05, 0) is 29.3 Å². The molecule has 1 amide bonds. The SMILES string of the molecule is COc1cc(/C(C=N)=C/N)cn2ncc(-c3ccc(C(=O)NCc4ccccc4)cc3)c12. The molecule has 0 spiro atoms. The van der Waals surface area contributed by atoms with E-state index < -0.39 is 0 Å². The molecule has 4 rings (SSSR count). The number of rotatable bonds is 7. The van der Waals surface area contributed by atoms with Crippen molar-refractivity contribution in [3.8, 4) is 16.9 Å². The number of nitrogens with one attached hydrogen (secondary N) is 2. The second-order valence-corrected chi connectivity index (χ2v) is 7.16. The number of carbonyl (C=O) groups is 1. The van der Waals surface area contributed by atoms with Crippen LogP contribution in [0.25, 0.3) is 22.2 Å². The van der Waals surface area contributed by atoms with E-state index in [2.05, 4.69) is 10.4 Å². The number of nitrogens with zero attached hydrogens (tertiary/aromatic N) is 2. The standard InChI is InChI=1S/C25H23N5O2/c1-32-23-11-20(21(12-26)13-27)16-30-24(23)22(15-29-30)18-7-9-19(10-8-18)25(31)28-14-17-5-3-2-4-6-17/h2-13,15-16,26H,14,27H2,1H3,(H,28,31)/b21-13+,26-12?. The Labute approximate surface area is 185 Å². The highest BCUT2D eigenvalue weighted by atomic mass is 16.5. The number of ether oxygens (including phenoxy) is 1. The van der Waals surface area contributed by atoms with Gasteiger partial charge in [0.25, 0.3) is 5.91 Å². The molecular weight excluding hydrogens is 402 g/mol. The summed E-state index contributed by atoms with van der Waals surface area (Å²) in [4.78, 5) is 12.5. The van der Waals surface area contributed by atoms with Crippen molar-refractivity contribution in [3.05, 3.63) is 95.9 Å². The van der Waals surface area contributed by atoms with Crippen LogP contribution >= 0.6 is 0 Å². The molecule has 2 heterocycles. The summed E-state index contributed by atoms with van der Waals surface area (Å²) in [7, 11) is 1.59. The van der Waals surface area contributed by atoms with E-state index in [0.29, 0.717) is 23.4 Å². The zero-order chi connectivity index (χ0) is 22.5. The van der Waals surface area contributed by atoms with Crippen molar-refractivity contribution in [2.75, 3.05) is 7.11 Å². The van der Waals surface area contributed by atoms with Gasteiger partial charge in [0.1, 0.15) is 11.3 Å². The summed E-state index contributed by atoms with van der Waals surface area (Å²) in [5, 5.41) is 14.9. The van der Waals surface area contributed by atoms with E-state index in [4.69, 9.17) is 15.9 Å². The summed E-state index contributed by atoms with van der Waals surface area (Å²) in [6.07, 6.45) is 6.12. The number of fused-ring (bicyclic) bond motifs is 1. The number of aromatic nitrogens is 2. The molecule has 0 saturated heterocycles. The van der Waals surface area contributed by atoms with Crippen LogP contribution < -0.4 is 15.8 Å². The second-order valence-electron chi connectivity index (χ2n) is 7.16. The third kappa shape index (κ3) is 4.09. The molecule has 0 bridgehead atoms. The van der Waals surface area contributed by atoms with E-state index in [1.807, 2.05) is 48.5 Å². The van der Waals surface area contributed by atoms with Crippen molar-refractivity contribution < 1.29 is 9.53 Å². The fourth-order valence-corrected chi connectivity index (χ4v) is 3.52. The number of methoxy groups -OCH3 is 1. The van der Waals surface area contributed by atoms with Crippen LogP contribution in [0.4, 0.5) is 0 Å². The Kier molecular flexibility index (Phi) is 5.98. The topological polar surface area (TPSA) is 106 Å². The summed E-state index contributed by atoms with van der Waals surface area (Å²) >= 11 is 0. The molecule has 0 atom stereocenters. The highest BCUT2D eigenvalue weighted by molar-refractivity contribution is 6.08. The van der Waals surface area contributed by atoms with Crippen LogP contribution in [-0.4, -0.2) is 28.8 Å². The van der Waals surface area contributed by atoms with E-state index in [-0.39, 0.29) is 5.91 Å². The Morgan fingerprint density at radius 3 is 2.56 bits per heavy atom. The summed E-state index contributed by atoms with van der Waals surface area (Å²) in [5.74, 6) is 0.483. The van der Waals surface area contributed by atoms with Gasteiger partial charge in [0.2, 0.25) is 0 Å². The quantitative estimate of drug-likeness (QED) is 0.391. The molecule has 2 aromatic carbocycles. The van der Waals surface area contributed by atoms with Crippen LogP contribution in [0, 0.1) is 5.41 Å². The van der Waals surface area contributed by atoms with Crippen LogP contribution in [-0.2, 0) is 6.54 Å². The van der Waals surface area contributed by atoms with E-state index in [0.717, 1.165) is 27.8 Å². The molecule has 160 valence electrons. The van der Waals surface area contributed by atoms with Gasteiger partial charge in [-0.15, -0.1) is 0 Å². The second kappa shape index (κ2) is 9.18. The van der Waals surface area contributed by atoms with Crippen LogP contribution in [0.5, 0.6) is 5.75 Å². The molecule has 7 heteroatoms. The van der Waals surface area contributed by atoms with Crippen LogP contribution in [0.1, 0.15) is 21.5 Å². The van der Waals surface area contributed by atoms with Crippen LogP contribution in [0.15, 0.2) is 79.3 Å². The van der Waals surface area contributed by atoms with Gasteiger partial charge in [0, 0.05) is 47.4 Å². The van der Waals surface area contributed by atoms with Gasteiger partial charge in [-0.2, -0.15) is 5.10 Å². The molecule has 0 fully saturated rings. The Bertz CT molecular complexity index is 1290. The summed E-state index contributed by atoms with van der Waals surface area (Å²) in [5.41, 5.74) is 11.1. The van der Waals surface area contributed by atoms with Gasteiger partial charge in [-0.25, -0.2) is 4.52 Å². The molecule has 0 aliphatic rings. The molecule has 0 unspecified atom stereocenters. The van der Waals surface area contributed by atoms with Crippen molar-refractivity contribution in [1.29, 1.82) is 5.41 Å². The van der Waals surface area contributed by atoms with E-state index in [1.165, 1.54) is 12.4 Å². The van der Waals surface area contributed by atoms with Gasteiger partial charge in [-0.1, -0.05) is 42.5 Å². The summed E-state index contributed by atoms with van der Waals surface area (Å²) in [6, 6.07) is 19.0. The number of nitrogens with two attached hydrogens (primary N) is 1. The van der Waals surface area contributed by atoms with Crippen molar-refractivity contribution in [2.24, 2.45) is 5.73 Å². The number of hydrogen-bond donors (Lipinski definition) is 3. The van der Waals surface area contributed by atoms with Crippen molar-refractivity contribution in [3.63, 3.8) is 0 Å². The van der Waals surface area contributed by atoms with Crippen molar-refractivity contribution in [1.82, 2.24) is 14.9 Å². The molecule has 4 N–H and O–H groups in total. The Morgan fingerprint density at radius 2 is 1.91 bits per heavy atom. The number of hydrogen-bond acceptors (Lipinski definition) is 5. The first-order valence-electron chi connectivity index (χ1n) is 10.0. The highest BCUT2D eigenvalue weighted by Gasteiger charge is 2.15. The number of pyridine rings is 1. The lowest BCUT2D eigenvalue weighted by Crippen LogP contribution is -2.22.